The van der Waals surface area contributed by atoms with Crippen molar-refractivity contribution in [3.63, 3.8) is 0 Å². The molecule has 1 aliphatic rings. The Hall–Kier alpha value is -3.22. The fourth-order valence-corrected chi connectivity index (χ4v) is 3.35. The van der Waals surface area contributed by atoms with E-state index in [0.29, 0.717) is 22.7 Å². The van der Waals surface area contributed by atoms with E-state index in [2.05, 4.69) is 21.2 Å². The third-order valence-corrected chi connectivity index (χ3v) is 4.74. The van der Waals surface area contributed by atoms with Gasteiger partial charge in [0.1, 0.15) is 11.6 Å². The van der Waals surface area contributed by atoms with Gasteiger partial charge in [0.25, 0.3) is 11.8 Å². The Labute approximate surface area is 180 Å². The molecule has 1 heterocycles. The predicted molar refractivity (Wildman–Crippen MR) is 114 cm³/mol. The molecule has 9 heteroatoms. The van der Waals surface area contributed by atoms with Gasteiger partial charge in [-0.15, -0.1) is 0 Å². The number of ether oxygens (including phenoxy) is 2. The van der Waals surface area contributed by atoms with Crippen molar-refractivity contribution in [2.75, 3.05) is 18.6 Å². The predicted octanol–water partition coefficient (Wildman–Crippen LogP) is 3.19. The van der Waals surface area contributed by atoms with Crippen LogP contribution in [0, 0.1) is 11.3 Å². The van der Waals surface area contributed by atoms with Crippen LogP contribution in [0.3, 0.4) is 0 Å². The number of benzene rings is 2. The van der Waals surface area contributed by atoms with Crippen LogP contribution in [0.5, 0.6) is 11.5 Å². The van der Waals surface area contributed by atoms with E-state index in [9.17, 15) is 9.59 Å². The molecule has 0 radical (unpaired) electrons. The summed E-state index contributed by atoms with van der Waals surface area (Å²) < 4.78 is 11.3. The molecule has 2 aromatic carbocycles. The number of hydrogen-bond acceptors (Lipinski definition) is 6. The maximum absolute atomic E-state index is 13.0. The Kier molecular flexibility index (Phi) is 6.26. The highest BCUT2D eigenvalue weighted by molar-refractivity contribution is 9.10. The van der Waals surface area contributed by atoms with E-state index in [1.54, 1.807) is 36.4 Å². The number of rotatable bonds is 5. The highest BCUT2D eigenvalue weighted by Crippen LogP contribution is 2.30. The van der Waals surface area contributed by atoms with Gasteiger partial charge in [-0.25, -0.2) is 0 Å². The van der Waals surface area contributed by atoms with Crippen molar-refractivity contribution in [1.82, 2.24) is 5.32 Å². The molecule has 7 nitrogen and oxygen atoms in total. The fourth-order valence-electron chi connectivity index (χ4n) is 2.68. The minimum absolute atomic E-state index is 0.00748. The first kappa shape index (κ1) is 20.5. The van der Waals surface area contributed by atoms with Crippen molar-refractivity contribution in [3.05, 3.63) is 58.1 Å². The van der Waals surface area contributed by atoms with E-state index in [-0.39, 0.29) is 17.3 Å². The minimum Gasteiger partial charge on any atom is -0.493 e. The van der Waals surface area contributed by atoms with Crippen molar-refractivity contribution < 1.29 is 19.1 Å². The zero-order valence-corrected chi connectivity index (χ0v) is 17.5. The highest BCUT2D eigenvalue weighted by atomic mass is 79.9. The summed E-state index contributed by atoms with van der Waals surface area (Å²) in [4.78, 5) is 26.7. The van der Waals surface area contributed by atoms with Gasteiger partial charge in [0.2, 0.25) is 0 Å². The summed E-state index contributed by atoms with van der Waals surface area (Å²) in [6.07, 6.45) is 1.45. The van der Waals surface area contributed by atoms with Gasteiger partial charge in [-0.1, -0.05) is 28.1 Å². The lowest BCUT2D eigenvalue weighted by Crippen LogP contribution is -2.54. The zero-order chi connectivity index (χ0) is 21.0. The third kappa shape index (κ3) is 4.45. The first-order chi connectivity index (χ1) is 13.9. The van der Waals surface area contributed by atoms with Crippen molar-refractivity contribution in [2.45, 2.75) is 0 Å². The van der Waals surface area contributed by atoms with E-state index in [4.69, 9.17) is 27.0 Å². The molecule has 0 unspecified atom stereocenters. The normalized spacial score (nSPS) is 15.1. The highest BCUT2D eigenvalue weighted by Gasteiger charge is 2.34. The molecule has 1 aliphatic heterocycles. The Morgan fingerprint density at radius 2 is 2.03 bits per heavy atom. The molecule has 1 saturated heterocycles. The monoisotopic (exact) mass is 471 g/mol. The molecule has 2 amide bonds. The van der Waals surface area contributed by atoms with E-state index < -0.39 is 11.8 Å². The molecule has 0 aromatic heterocycles. The smallest absolute Gasteiger partial charge is 0.270 e. The van der Waals surface area contributed by atoms with E-state index in [1.165, 1.54) is 18.1 Å². The topological polar surface area (TPSA) is 91.7 Å². The van der Waals surface area contributed by atoms with Crippen molar-refractivity contribution in [1.29, 1.82) is 5.26 Å². The molecular weight excluding hydrogens is 458 g/mol. The van der Waals surface area contributed by atoms with Crippen molar-refractivity contribution in [2.24, 2.45) is 0 Å². The molecule has 146 valence electrons. The van der Waals surface area contributed by atoms with Gasteiger partial charge in [-0.3, -0.25) is 19.8 Å². The Morgan fingerprint density at radius 3 is 2.72 bits per heavy atom. The van der Waals surface area contributed by atoms with Gasteiger partial charge in [0, 0.05) is 4.47 Å². The first-order valence-electron chi connectivity index (χ1n) is 8.29. The van der Waals surface area contributed by atoms with Crippen LogP contribution in [0.25, 0.3) is 6.08 Å². The number of hydrogen-bond donors (Lipinski definition) is 1. The largest absolute Gasteiger partial charge is 0.493 e. The summed E-state index contributed by atoms with van der Waals surface area (Å²) in [6.45, 7) is -0.128. The molecule has 3 rings (SSSR count). The number of carbonyl (C=O) groups is 2. The molecular formula is C20H14BrN3O4S. The van der Waals surface area contributed by atoms with Gasteiger partial charge in [0.05, 0.1) is 12.8 Å². The lowest BCUT2D eigenvalue weighted by molar-refractivity contribution is -0.122. The second-order valence-electron chi connectivity index (χ2n) is 5.79. The number of nitrogens with one attached hydrogen (secondary N) is 1. The summed E-state index contributed by atoms with van der Waals surface area (Å²) in [6, 6.07) is 13.8. The molecule has 0 aliphatic carbocycles. The molecule has 0 saturated carbocycles. The van der Waals surface area contributed by atoms with Crippen LogP contribution in [-0.2, 0) is 9.59 Å². The fraction of sp³-hybridized carbons (Fsp3) is 0.100. The lowest BCUT2D eigenvalue weighted by atomic mass is 10.1. The van der Waals surface area contributed by atoms with Gasteiger partial charge in [-0.05, 0) is 54.2 Å². The van der Waals surface area contributed by atoms with Crippen LogP contribution in [0.2, 0.25) is 0 Å². The average molecular weight is 472 g/mol. The Bertz CT molecular complexity index is 1080. The second kappa shape index (κ2) is 8.86. The van der Waals surface area contributed by atoms with E-state index in [1.807, 2.05) is 12.1 Å². The van der Waals surface area contributed by atoms with Gasteiger partial charge < -0.3 is 9.47 Å². The van der Waals surface area contributed by atoms with Gasteiger partial charge in [-0.2, -0.15) is 5.26 Å². The van der Waals surface area contributed by atoms with Crippen LogP contribution in [0.4, 0.5) is 5.69 Å². The molecule has 1 N–H and O–H groups in total. The number of nitrogens with zero attached hydrogens (tertiary/aromatic N) is 2. The summed E-state index contributed by atoms with van der Waals surface area (Å²) in [5, 5.41) is 11.2. The molecule has 1 fully saturated rings. The summed E-state index contributed by atoms with van der Waals surface area (Å²) in [7, 11) is 1.46. The third-order valence-electron chi connectivity index (χ3n) is 3.96. The maximum atomic E-state index is 13.0. The van der Waals surface area contributed by atoms with Crippen LogP contribution in [-0.4, -0.2) is 30.6 Å². The van der Waals surface area contributed by atoms with Crippen LogP contribution < -0.4 is 19.7 Å². The summed E-state index contributed by atoms with van der Waals surface area (Å²) >= 11 is 8.55. The number of amides is 2. The van der Waals surface area contributed by atoms with Crippen molar-refractivity contribution >= 4 is 56.8 Å². The van der Waals surface area contributed by atoms with Gasteiger partial charge in [0.15, 0.2) is 23.2 Å². The van der Waals surface area contributed by atoms with E-state index >= 15 is 0 Å². The first-order valence-corrected chi connectivity index (χ1v) is 9.49. The average Bonchev–Trinajstić information content (AvgIpc) is 2.69. The van der Waals surface area contributed by atoms with E-state index in [0.717, 1.165) is 4.47 Å². The SMILES string of the molecule is COc1cc(/C=C2\C(=O)NC(=S)N(c3cccc(Br)c3)C2=O)ccc1OCC#N. The Morgan fingerprint density at radius 1 is 1.24 bits per heavy atom. The standard InChI is InChI=1S/C20H14BrN3O4S/c1-27-17-10-12(5-6-16(17)28-8-7-22)9-15-18(25)23-20(29)24(19(15)26)14-4-2-3-13(21)11-14/h2-6,9-11H,8H2,1H3,(H,23,25,29)/b15-9+. The molecule has 29 heavy (non-hydrogen) atoms. The summed E-state index contributed by atoms with van der Waals surface area (Å²) in [5.74, 6) is -0.374. The molecule has 0 atom stereocenters. The number of nitriles is 1. The minimum atomic E-state index is -0.588. The van der Waals surface area contributed by atoms with Crippen LogP contribution >= 0.6 is 28.1 Å². The number of thiocarbonyl (C=S) groups is 1. The second-order valence-corrected chi connectivity index (χ2v) is 7.10. The number of methoxy groups -OCH3 is 1. The number of anilines is 1. The quantitative estimate of drug-likeness (QED) is 0.409. The molecule has 0 bridgehead atoms. The van der Waals surface area contributed by atoms with Crippen LogP contribution in [0.1, 0.15) is 5.56 Å². The number of carbonyl (C=O) groups excluding carboxylic acids is 2. The Balaban J connectivity index is 1.97. The molecule has 2 aromatic rings. The maximum Gasteiger partial charge on any atom is 0.270 e. The van der Waals surface area contributed by atoms with Gasteiger partial charge >= 0.3 is 0 Å². The lowest BCUT2D eigenvalue weighted by Gasteiger charge is -2.29. The zero-order valence-electron chi connectivity index (χ0n) is 15.1. The van der Waals surface area contributed by atoms with Crippen LogP contribution in [0.15, 0.2) is 52.5 Å². The molecule has 0 spiro atoms. The van der Waals surface area contributed by atoms with Crippen molar-refractivity contribution in [3.8, 4) is 17.6 Å². The summed E-state index contributed by atoms with van der Waals surface area (Å²) in [5.41, 5.74) is 0.996. The number of halogens is 1.